The van der Waals surface area contributed by atoms with Crippen molar-refractivity contribution in [3.63, 3.8) is 0 Å². The molecule has 52 heavy (non-hydrogen) atoms. The van der Waals surface area contributed by atoms with Gasteiger partial charge in [-0.05, 0) is 98.3 Å². The van der Waals surface area contributed by atoms with Crippen molar-refractivity contribution in [2.24, 2.45) is 0 Å². The van der Waals surface area contributed by atoms with Crippen LogP contribution in [-0.2, 0) is 6.42 Å². The quantitative estimate of drug-likeness (QED) is 0.172. The standard InChI is InChI=1S/C48H36N3O/c1-29-18-23-41-37-26-38-39-27-45-46(36-14-6-8-17-44(36)52-45)47-35-13-5-7-16-42(35)51(48(39)47)43(38)25-32(37)22-21-31(20-19-30(2)50(41)28-29)33-11-3-4-12-34(33)40-15-9-10-24-49-40/h3-18,23-28,31H,2,19-22H2,1H3/q+1. The predicted octanol–water partition coefficient (Wildman–Crippen LogP) is 12.0. The van der Waals surface area contributed by atoms with Gasteiger partial charge < -0.3 is 8.82 Å². The van der Waals surface area contributed by atoms with Crippen molar-refractivity contribution in [1.29, 1.82) is 0 Å². The highest BCUT2D eigenvalue weighted by atomic mass is 16.3. The van der Waals surface area contributed by atoms with Gasteiger partial charge in [0, 0.05) is 62.1 Å². The third-order valence-corrected chi connectivity index (χ3v) is 11.6. The van der Waals surface area contributed by atoms with Gasteiger partial charge >= 0.3 is 0 Å². The van der Waals surface area contributed by atoms with Crippen LogP contribution in [0.2, 0.25) is 0 Å². The highest BCUT2D eigenvalue weighted by molar-refractivity contribution is 6.34. The van der Waals surface area contributed by atoms with Crippen molar-refractivity contribution < 1.29 is 8.98 Å². The Labute approximate surface area is 301 Å². The van der Waals surface area contributed by atoms with E-state index in [0.717, 1.165) is 48.2 Å². The SMILES string of the molecule is C=C1CCC(c2ccccc2-c2ccccn2)CCc2cc3c(cc2-c2ccc(C)c[n+]21)c1cc2oc4ccccc4c2c2c4ccccc4n3c12. The van der Waals surface area contributed by atoms with Crippen LogP contribution in [0.15, 0.2) is 145 Å². The third kappa shape index (κ3) is 4.21. The van der Waals surface area contributed by atoms with Crippen molar-refractivity contribution in [1.82, 2.24) is 9.38 Å². The summed E-state index contributed by atoms with van der Waals surface area (Å²) in [6.45, 7) is 6.88. The lowest BCUT2D eigenvalue weighted by Crippen LogP contribution is -2.35. The fourth-order valence-corrected chi connectivity index (χ4v) is 9.25. The van der Waals surface area contributed by atoms with Gasteiger partial charge in [-0.1, -0.05) is 66.7 Å². The molecule has 0 bridgehead atoms. The van der Waals surface area contributed by atoms with Gasteiger partial charge in [-0.25, -0.2) is 0 Å². The number of benzene rings is 5. The Morgan fingerprint density at radius 1 is 0.692 bits per heavy atom. The second kappa shape index (κ2) is 11.1. The Hall–Kier alpha value is -6.26. The summed E-state index contributed by atoms with van der Waals surface area (Å²) in [5, 5.41) is 7.38. The number of nitrogens with zero attached hydrogens (tertiary/aromatic N) is 3. The largest absolute Gasteiger partial charge is 0.456 e. The van der Waals surface area contributed by atoms with E-state index in [1.807, 2.05) is 12.3 Å². The molecule has 10 aromatic rings. The summed E-state index contributed by atoms with van der Waals surface area (Å²) < 4.78 is 11.5. The average Bonchev–Trinajstić information content (AvgIpc) is 3.83. The van der Waals surface area contributed by atoms with E-state index in [2.05, 4.69) is 137 Å². The van der Waals surface area contributed by atoms with Gasteiger partial charge in [-0.15, -0.1) is 0 Å². The first-order valence-electron chi connectivity index (χ1n) is 18.4. The van der Waals surface area contributed by atoms with Crippen molar-refractivity contribution >= 4 is 65.7 Å². The molecule has 1 aliphatic rings. The maximum Gasteiger partial charge on any atom is 0.218 e. The topological polar surface area (TPSA) is 34.3 Å². The molecule has 1 aliphatic heterocycles. The molecular formula is C48H36N3O+. The van der Waals surface area contributed by atoms with Crippen LogP contribution < -0.4 is 4.57 Å². The molecule has 0 radical (unpaired) electrons. The van der Waals surface area contributed by atoms with Gasteiger partial charge in [0.2, 0.25) is 5.69 Å². The zero-order valence-corrected chi connectivity index (χ0v) is 29.1. The van der Waals surface area contributed by atoms with E-state index in [1.165, 1.54) is 82.4 Å². The minimum absolute atomic E-state index is 0.347. The molecule has 0 aliphatic carbocycles. The Morgan fingerprint density at radius 2 is 1.50 bits per heavy atom. The predicted molar refractivity (Wildman–Crippen MR) is 214 cm³/mol. The lowest BCUT2D eigenvalue weighted by molar-refractivity contribution is -0.571. The van der Waals surface area contributed by atoms with E-state index in [9.17, 15) is 0 Å². The molecule has 1 atom stereocenters. The highest BCUT2D eigenvalue weighted by Gasteiger charge is 2.29. The number of aromatic nitrogens is 3. The highest BCUT2D eigenvalue weighted by Crippen LogP contribution is 2.47. The van der Waals surface area contributed by atoms with E-state index in [4.69, 9.17) is 16.0 Å². The van der Waals surface area contributed by atoms with Crippen molar-refractivity contribution in [3.8, 4) is 22.5 Å². The number of hydrogen-bond donors (Lipinski definition) is 0. The zero-order chi connectivity index (χ0) is 34.5. The molecule has 0 saturated carbocycles. The third-order valence-electron chi connectivity index (χ3n) is 11.6. The van der Waals surface area contributed by atoms with E-state index >= 15 is 0 Å². The van der Waals surface area contributed by atoms with Crippen molar-refractivity contribution in [3.05, 3.63) is 157 Å². The Balaban J connectivity index is 1.19. The zero-order valence-electron chi connectivity index (χ0n) is 29.1. The number of pyridine rings is 2. The molecule has 0 N–H and O–H groups in total. The van der Waals surface area contributed by atoms with Crippen LogP contribution in [0.3, 0.4) is 0 Å². The van der Waals surface area contributed by atoms with Crippen LogP contribution in [0.5, 0.6) is 0 Å². The maximum absolute atomic E-state index is 6.59. The first kappa shape index (κ1) is 29.5. The average molecular weight is 671 g/mol. The van der Waals surface area contributed by atoms with E-state index in [1.54, 1.807) is 0 Å². The summed E-state index contributed by atoms with van der Waals surface area (Å²) in [6, 6.07) is 44.2. The van der Waals surface area contributed by atoms with Crippen LogP contribution in [0.25, 0.3) is 88.2 Å². The fraction of sp³-hybridized carbons (Fsp3) is 0.125. The monoisotopic (exact) mass is 670 g/mol. The number of allylic oxidation sites excluding steroid dienone is 1. The van der Waals surface area contributed by atoms with Crippen LogP contribution in [0, 0.1) is 6.92 Å². The second-order valence-corrected chi connectivity index (χ2v) is 14.6. The number of rotatable bonds is 2. The number of para-hydroxylation sites is 2. The van der Waals surface area contributed by atoms with Crippen LogP contribution in [0.4, 0.5) is 0 Å². The molecule has 0 spiro atoms. The summed E-state index contributed by atoms with van der Waals surface area (Å²) >= 11 is 0. The fourth-order valence-electron chi connectivity index (χ4n) is 9.25. The van der Waals surface area contributed by atoms with Crippen molar-refractivity contribution in [2.45, 2.75) is 38.5 Å². The lowest BCUT2D eigenvalue weighted by atomic mass is 9.83. The molecule has 1 unspecified atom stereocenters. The van der Waals surface area contributed by atoms with Gasteiger partial charge in [-0.3, -0.25) is 4.98 Å². The minimum atomic E-state index is 0.347. The molecule has 248 valence electrons. The van der Waals surface area contributed by atoms with Gasteiger partial charge in [-0.2, -0.15) is 4.57 Å². The van der Waals surface area contributed by atoms with E-state index < -0.39 is 0 Å². The number of hydrogen-bond acceptors (Lipinski definition) is 2. The van der Waals surface area contributed by atoms with Gasteiger partial charge in [0.15, 0.2) is 11.9 Å². The molecule has 6 heterocycles. The first-order valence-corrected chi connectivity index (χ1v) is 18.4. The molecule has 0 amide bonds. The maximum atomic E-state index is 6.59. The summed E-state index contributed by atoms with van der Waals surface area (Å²) in [7, 11) is 0. The van der Waals surface area contributed by atoms with Gasteiger partial charge in [0.25, 0.3) is 0 Å². The van der Waals surface area contributed by atoms with E-state index in [0.29, 0.717) is 5.92 Å². The van der Waals surface area contributed by atoms with Gasteiger partial charge in [0.05, 0.1) is 27.8 Å². The minimum Gasteiger partial charge on any atom is -0.456 e. The Kier molecular flexibility index (Phi) is 6.30. The van der Waals surface area contributed by atoms with Crippen molar-refractivity contribution in [2.75, 3.05) is 0 Å². The first-order chi connectivity index (χ1) is 25.6. The Morgan fingerprint density at radius 3 is 2.40 bits per heavy atom. The molecule has 5 aromatic heterocycles. The summed E-state index contributed by atoms with van der Waals surface area (Å²) in [5.74, 6) is 0.347. The summed E-state index contributed by atoms with van der Waals surface area (Å²) in [5.41, 5.74) is 15.4. The number of furan rings is 1. The lowest BCUT2D eigenvalue weighted by Gasteiger charge is -2.23. The molecule has 4 heteroatoms. The Bertz CT molecular complexity index is 3060. The van der Waals surface area contributed by atoms with Crippen LogP contribution in [-0.4, -0.2) is 9.38 Å². The smallest absolute Gasteiger partial charge is 0.218 e. The summed E-state index contributed by atoms with van der Waals surface area (Å²) in [6.07, 6.45) is 8.07. The molecule has 4 nitrogen and oxygen atoms in total. The van der Waals surface area contributed by atoms with Crippen LogP contribution >= 0.6 is 0 Å². The summed E-state index contributed by atoms with van der Waals surface area (Å²) in [4.78, 5) is 4.77. The van der Waals surface area contributed by atoms with Gasteiger partial charge in [0.1, 0.15) is 11.2 Å². The molecule has 0 saturated heterocycles. The van der Waals surface area contributed by atoms with Crippen LogP contribution in [0.1, 0.15) is 41.9 Å². The van der Waals surface area contributed by atoms with E-state index in [-0.39, 0.29) is 0 Å². The normalized spacial score (nSPS) is 15.3. The molecule has 11 rings (SSSR count). The number of fused-ring (bicyclic) bond motifs is 13. The molecular weight excluding hydrogens is 635 g/mol. The molecule has 5 aromatic carbocycles. The molecule has 0 fully saturated rings. The number of aryl methyl sites for hydroxylation is 2. The second-order valence-electron chi connectivity index (χ2n) is 14.6.